The minimum absolute atomic E-state index is 0.0550. The molecule has 1 aromatic carbocycles. The molecule has 0 unspecified atom stereocenters. The van der Waals surface area contributed by atoms with Crippen molar-refractivity contribution in [1.29, 1.82) is 0 Å². The molecule has 0 heterocycles. The zero-order valence-electron chi connectivity index (χ0n) is 12.7. The van der Waals surface area contributed by atoms with E-state index in [2.05, 4.69) is 12.2 Å². The fourth-order valence-electron chi connectivity index (χ4n) is 1.81. The lowest BCUT2D eigenvalue weighted by Gasteiger charge is -2.21. The van der Waals surface area contributed by atoms with Crippen molar-refractivity contribution in [2.24, 2.45) is 0 Å². The largest absolute Gasteiger partial charge is 0.363 e. The van der Waals surface area contributed by atoms with Crippen molar-refractivity contribution >= 4 is 11.6 Å². The van der Waals surface area contributed by atoms with Crippen LogP contribution in [0, 0.1) is 5.82 Å². The lowest BCUT2D eigenvalue weighted by Crippen LogP contribution is -2.34. The van der Waals surface area contributed by atoms with Gasteiger partial charge in [0.05, 0.1) is 12.2 Å². The van der Waals surface area contributed by atoms with E-state index in [1.165, 1.54) is 11.0 Å². The summed E-state index contributed by atoms with van der Waals surface area (Å²) in [4.78, 5) is 14.8. The number of hydrogen-bond acceptors (Lipinski definition) is 3. The van der Waals surface area contributed by atoms with E-state index >= 15 is 0 Å². The average Bonchev–Trinajstić information content (AvgIpc) is 2.38. The summed E-state index contributed by atoms with van der Waals surface area (Å²) in [5.41, 5.74) is 1.35. The first kappa shape index (κ1) is 16.4. The molecular formula is C15H24FN3O. The zero-order chi connectivity index (χ0) is 15.1. The normalized spacial score (nSPS) is 10.4. The Balaban J connectivity index is 2.69. The minimum Gasteiger partial charge on any atom is -0.363 e. The average molecular weight is 281 g/mol. The first-order chi connectivity index (χ1) is 9.45. The van der Waals surface area contributed by atoms with Crippen LogP contribution in [0.3, 0.4) is 0 Å². The summed E-state index contributed by atoms with van der Waals surface area (Å²) in [5, 5.41) is 3.23. The second kappa shape index (κ2) is 7.85. The Bertz CT molecular complexity index is 449. The summed E-state index contributed by atoms with van der Waals surface area (Å²) < 4.78 is 14.1. The van der Waals surface area contributed by atoms with Crippen LogP contribution < -0.4 is 10.2 Å². The first-order valence-electron chi connectivity index (χ1n) is 6.86. The van der Waals surface area contributed by atoms with Crippen LogP contribution in [-0.4, -0.2) is 45.0 Å². The number of nitrogens with one attached hydrogen (secondary N) is 1. The molecule has 0 bridgehead atoms. The molecule has 1 aromatic rings. The summed E-state index contributed by atoms with van der Waals surface area (Å²) in [5.74, 6) is -0.351. The molecule has 20 heavy (non-hydrogen) atoms. The lowest BCUT2D eigenvalue weighted by molar-refractivity contribution is -0.127. The highest BCUT2D eigenvalue weighted by Gasteiger charge is 2.13. The van der Waals surface area contributed by atoms with Crippen LogP contribution in [0.5, 0.6) is 0 Å². The number of halogens is 1. The van der Waals surface area contributed by atoms with Gasteiger partial charge in [0.1, 0.15) is 5.82 Å². The Morgan fingerprint density at radius 1 is 1.30 bits per heavy atom. The van der Waals surface area contributed by atoms with Crippen molar-refractivity contribution in [3.05, 3.63) is 29.6 Å². The van der Waals surface area contributed by atoms with Crippen molar-refractivity contribution in [3.63, 3.8) is 0 Å². The molecule has 5 heteroatoms. The van der Waals surface area contributed by atoms with Crippen molar-refractivity contribution in [1.82, 2.24) is 10.2 Å². The van der Waals surface area contributed by atoms with E-state index in [1.54, 1.807) is 32.1 Å². The van der Waals surface area contributed by atoms with Gasteiger partial charge in [-0.3, -0.25) is 4.79 Å². The van der Waals surface area contributed by atoms with Gasteiger partial charge in [-0.25, -0.2) is 4.39 Å². The van der Waals surface area contributed by atoms with E-state index in [9.17, 15) is 9.18 Å². The van der Waals surface area contributed by atoms with Crippen LogP contribution in [0.1, 0.15) is 18.9 Å². The van der Waals surface area contributed by atoms with Gasteiger partial charge < -0.3 is 15.1 Å². The fraction of sp³-hybridized carbons (Fsp3) is 0.533. The van der Waals surface area contributed by atoms with Gasteiger partial charge in [-0.2, -0.15) is 0 Å². The minimum atomic E-state index is -0.296. The van der Waals surface area contributed by atoms with Crippen molar-refractivity contribution in [3.8, 4) is 0 Å². The molecule has 0 fully saturated rings. The Morgan fingerprint density at radius 3 is 2.55 bits per heavy atom. The van der Waals surface area contributed by atoms with E-state index in [-0.39, 0.29) is 18.3 Å². The van der Waals surface area contributed by atoms with Crippen LogP contribution in [0.25, 0.3) is 0 Å². The summed E-state index contributed by atoms with van der Waals surface area (Å²) >= 11 is 0. The number of benzene rings is 1. The van der Waals surface area contributed by atoms with Gasteiger partial charge in [0, 0.05) is 27.7 Å². The van der Waals surface area contributed by atoms with Crippen LogP contribution >= 0.6 is 0 Å². The second-order valence-corrected chi connectivity index (χ2v) is 5.11. The molecule has 1 N–H and O–H groups in total. The molecule has 4 nitrogen and oxygen atoms in total. The lowest BCUT2D eigenvalue weighted by atomic mass is 10.2. The van der Waals surface area contributed by atoms with Gasteiger partial charge in [-0.05, 0) is 30.7 Å². The summed E-state index contributed by atoms with van der Waals surface area (Å²) in [7, 11) is 5.10. The smallest absolute Gasteiger partial charge is 0.241 e. The molecule has 1 amide bonds. The number of hydrogen-bond donors (Lipinski definition) is 1. The van der Waals surface area contributed by atoms with Crippen LogP contribution in [0.2, 0.25) is 0 Å². The standard InChI is InChI=1S/C15H24FN3O/c1-5-8-17-10-12-6-7-14(13(16)9-12)19(4)11-15(20)18(2)3/h6-7,9,17H,5,8,10-11H2,1-4H3. The maximum Gasteiger partial charge on any atom is 0.241 e. The molecular weight excluding hydrogens is 257 g/mol. The van der Waals surface area contributed by atoms with Crippen molar-refractivity contribution in [2.75, 3.05) is 39.1 Å². The van der Waals surface area contributed by atoms with Gasteiger partial charge in [-0.1, -0.05) is 13.0 Å². The quantitative estimate of drug-likeness (QED) is 0.775. The van der Waals surface area contributed by atoms with E-state index in [0.717, 1.165) is 18.5 Å². The predicted molar refractivity (Wildman–Crippen MR) is 80.4 cm³/mol. The fourth-order valence-corrected chi connectivity index (χ4v) is 1.81. The van der Waals surface area contributed by atoms with E-state index < -0.39 is 0 Å². The van der Waals surface area contributed by atoms with Gasteiger partial charge in [0.25, 0.3) is 0 Å². The maximum absolute atomic E-state index is 14.1. The highest BCUT2D eigenvalue weighted by Crippen LogP contribution is 2.19. The highest BCUT2D eigenvalue weighted by atomic mass is 19.1. The van der Waals surface area contributed by atoms with Crippen LogP contribution in [-0.2, 0) is 11.3 Å². The van der Waals surface area contributed by atoms with Gasteiger partial charge >= 0.3 is 0 Å². The van der Waals surface area contributed by atoms with Gasteiger partial charge in [-0.15, -0.1) is 0 Å². The molecule has 1 rings (SSSR count). The van der Waals surface area contributed by atoms with E-state index in [1.807, 2.05) is 6.07 Å². The molecule has 0 atom stereocenters. The number of anilines is 1. The molecule has 0 aliphatic carbocycles. The van der Waals surface area contributed by atoms with E-state index in [0.29, 0.717) is 12.2 Å². The predicted octanol–water partition coefficient (Wildman–Crippen LogP) is 1.85. The summed E-state index contributed by atoms with van der Waals surface area (Å²) in [6, 6.07) is 5.13. The Kier molecular flexibility index (Phi) is 6.45. The molecule has 0 spiro atoms. The van der Waals surface area contributed by atoms with Crippen LogP contribution in [0.15, 0.2) is 18.2 Å². The molecule has 0 aliphatic rings. The number of carbonyl (C=O) groups is 1. The van der Waals surface area contributed by atoms with Crippen molar-refractivity contribution < 1.29 is 9.18 Å². The third-order valence-electron chi connectivity index (χ3n) is 3.05. The monoisotopic (exact) mass is 281 g/mol. The highest BCUT2D eigenvalue weighted by molar-refractivity contribution is 5.80. The van der Waals surface area contributed by atoms with Gasteiger partial charge in [0.2, 0.25) is 5.91 Å². The number of amides is 1. The molecule has 0 saturated heterocycles. The van der Waals surface area contributed by atoms with E-state index in [4.69, 9.17) is 0 Å². The Hall–Kier alpha value is -1.62. The summed E-state index contributed by atoms with van der Waals surface area (Å²) in [6.07, 6.45) is 1.05. The number of nitrogens with zero attached hydrogens (tertiary/aromatic N) is 2. The third kappa shape index (κ3) is 4.81. The number of rotatable bonds is 7. The maximum atomic E-state index is 14.1. The Labute approximate surface area is 120 Å². The third-order valence-corrected chi connectivity index (χ3v) is 3.05. The molecule has 0 aromatic heterocycles. The topological polar surface area (TPSA) is 35.6 Å². The summed E-state index contributed by atoms with van der Waals surface area (Å²) in [6.45, 7) is 3.83. The number of likely N-dealkylation sites (N-methyl/N-ethyl adjacent to an activating group) is 2. The molecule has 0 radical (unpaired) electrons. The Morgan fingerprint density at radius 2 is 2.00 bits per heavy atom. The van der Waals surface area contributed by atoms with Crippen LogP contribution in [0.4, 0.5) is 10.1 Å². The SMILES string of the molecule is CCCNCc1ccc(N(C)CC(=O)N(C)C)c(F)c1. The second-order valence-electron chi connectivity index (χ2n) is 5.11. The zero-order valence-corrected chi connectivity index (χ0v) is 12.7. The van der Waals surface area contributed by atoms with Gasteiger partial charge in [0.15, 0.2) is 0 Å². The first-order valence-corrected chi connectivity index (χ1v) is 6.86. The van der Waals surface area contributed by atoms with Crippen molar-refractivity contribution in [2.45, 2.75) is 19.9 Å². The molecule has 0 saturated carbocycles. The number of carbonyl (C=O) groups excluding carboxylic acids is 1. The molecule has 112 valence electrons. The molecule has 0 aliphatic heterocycles.